The van der Waals surface area contributed by atoms with E-state index in [2.05, 4.69) is 4.98 Å². The fourth-order valence-electron chi connectivity index (χ4n) is 1.50. The predicted octanol–water partition coefficient (Wildman–Crippen LogP) is 2.09. The lowest BCUT2D eigenvalue weighted by Gasteiger charge is -2.06. The number of aromatic nitrogens is 2. The Morgan fingerprint density at radius 3 is 2.73 bits per heavy atom. The lowest BCUT2D eigenvalue weighted by molar-refractivity contribution is 0.271. The van der Waals surface area contributed by atoms with Gasteiger partial charge in [-0.3, -0.25) is 0 Å². The maximum atomic E-state index is 9.12. The van der Waals surface area contributed by atoms with E-state index < -0.39 is 0 Å². The van der Waals surface area contributed by atoms with Crippen LogP contribution in [0.2, 0.25) is 0 Å². The Kier molecular flexibility index (Phi) is 2.99. The van der Waals surface area contributed by atoms with Crippen LogP contribution in [0, 0.1) is 4.77 Å². The zero-order chi connectivity index (χ0) is 10.7. The van der Waals surface area contributed by atoms with E-state index in [0.717, 1.165) is 5.69 Å². The topological polar surface area (TPSA) is 40.9 Å². The molecule has 0 unspecified atom stereocenters. The summed E-state index contributed by atoms with van der Waals surface area (Å²) in [4.78, 5) is 2.93. The van der Waals surface area contributed by atoms with Crippen molar-refractivity contribution in [2.45, 2.75) is 13.2 Å². The van der Waals surface area contributed by atoms with Gasteiger partial charge in [0.05, 0.1) is 18.8 Å². The first-order valence-electron chi connectivity index (χ1n) is 4.73. The van der Waals surface area contributed by atoms with Crippen LogP contribution in [0.4, 0.5) is 0 Å². The molecule has 0 bridgehead atoms. The average Bonchev–Trinajstić information content (AvgIpc) is 2.62. The third kappa shape index (κ3) is 2.16. The van der Waals surface area contributed by atoms with E-state index in [0.29, 0.717) is 11.3 Å². The minimum absolute atomic E-state index is 0.0000262. The molecule has 2 N–H and O–H groups in total. The van der Waals surface area contributed by atoms with Gasteiger partial charge in [0.2, 0.25) is 0 Å². The Balaban J connectivity index is 2.32. The molecule has 0 aliphatic rings. The standard InChI is InChI=1S/C11H12N2OS/c14-8-10-6-12-11(15)13(10)7-9-4-2-1-3-5-9/h1-6,14H,7-8H2,(H,12,15)/i11+2. The molecule has 1 aromatic heterocycles. The molecule has 0 spiro atoms. The molecule has 0 saturated heterocycles. The average molecular weight is 222 g/mol. The maximum absolute atomic E-state index is 9.12. The summed E-state index contributed by atoms with van der Waals surface area (Å²) in [5, 5.41) is 9.12. The van der Waals surface area contributed by atoms with Crippen molar-refractivity contribution in [2.75, 3.05) is 0 Å². The Morgan fingerprint density at radius 1 is 1.33 bits per heavy atom. The lowest BCUT2D eigenvalue weighted by atomic mass is 10.2. The summed E-state index contributed by atoms with van der Waals surface area (Å²) >= 11 is 5.13. The number of H-pyrrole nitrogens is 1. The molecule has 1 heterocycles. The quantitative estimate of drug-likeness (QED) is 0.781. The van der Waals surface area contributed by atoms with Gasteiger partial charge in [-0.2, -0.15) is 0 Å². The minimum Gasteiger partial charge on any atom is -0.390 e. The molecule has 3 nitrogen and oxygen atoms in total. The van der Waals surface area contributed by atoms with Crippen LogP contribution in [0.3, 0.4) is 0 Å². The van der Waals surface area contributed by atoms with Crippen LogP contribution in [0.15, 0.2) is 36.5 Å². The largest absolute Gasteiger partial charge is 0.390 e. The van der Waals surface area contributed by atoms with Crippen LogP contribution in [0.1, 0.15) is 11.3 Å². The summed E-state index contributed by atoms with van der Waals surface area (Å²) in [7, 11) is 0. The van der Waals surface area contributed by atoms with Gasteiger partial charge in [-0.05, 0) is 17.8 Å². The van der Waals surface area contributed by atoms with E-state index in [1.807, 2.05) is 34.9 Å². The molecule has 4 heteroatoms. The number of nitrogens with one attached hydrogen (secondary N) is 1. The summed E-state index contributed by atoms with van der Waals surface area (Å²) in [6, 6.07) is 10.0. The maximum Gasteiger partial charge on any atom is 0.177 e. The van der Waals surface area contributed by atoms with E-state index in [4.69, 9.17) is 17.3 Å². The molecule has 2 rings (SSSR count). The highest BCUT2D eigenvalue weighted by molar-refractivity contribution is 7.71. The molecule has 0 fully saturated rings. The van der Waals surface area contributed by atoms with Crippen molar-refractivity contribution < 1.29 is 5.11 Å². The summed E-state index contributed by atoms with van der Waals surface area (Å²) in [5.41, 5.74) is 1.98. The third-order valence-corrected chi connectivity index (χ3v) is 2.64. The Labute approximate surface area is 93.0 Å². The van der Waals surface area contributed by atoms with E-state index in [1.54, 1.807) is 6.20 Å². The number of rotatable bonds is 3. The SMILES string of the molecule is OCc1c[nH][14c](=S)n1Cc1ccccc1. The van der Waals surface area contributed by atoms with Crippen molar-refractivity contribution in [1.29, 1.82) is 0 Å². The molecule has 0 saturated carbocycles. The van der Waals surface area contributed by atoms with E-state index >= 15 is 0 Å². The molecule has 78 valence electrons. The number of imidazole rings is 1. The highest BCUT2D eigenvalue weighted by Gasteiger charge is 2.02. The number of nitrogens with zero attached hydrogens (tertiary/aromatic N) is 1. The van der Waals surface area contributed by atoms with Crippen LogP contribution < -0.4 is 0 Å². The number of hydrogen-bond donors (Lipinski definition) is 2. The molecular formula is C11H12N2OS. The number of aliphatic hydroxyl groups excluding tert-OH is 1. The smallest absolute Gasteiger partial charge is 0.177 e. The molecule has 0 atom stereocenters. The zero-order valence-corrected chi connectivity index (χ0v) is 9.00. The third-order valence-electron chi connectivity index (χ3n) is 2.30. The first-order valence-corrected chi connectivity index (χ1v) is 5.14. The highest BCUT2D eigenvalue weighted by atomic mass is 32.1. The van der Waals surface area contributed by atoms with Crippen LogP contribution in [0.5, 0.6) is 0 Å². The monoisotopic (exact) mass is 222 g/mol. The number of aromatic amines is 1. The van der Waals surface area contributed by atoms with Crippen molar-refractivity contribution in [3.63, 3.8) is 0 Å². The number of benzene rings is 1. The number of hydrogen-bond acceptors (Lipinski definition) is 2. The van der Waals surface area contributed by atoms with Gasteiger partial charge in [-0.25, -0.2) is 0 Å². The van der Waals surface area contributed by atoms with Crippen molar-refractivity contribution in [2.24, 2.45) is 0 Å². The summed E-state index contributed by atoms with van der Waals surface area (Å²) in [6.07, 6.45) is 1.74. The lowest BCUT2D eigenvalue weighted by Crippen LogP contribution is -2.04. The van der Waals surface area contributed by atoms with Gasteiger partial charge in [0.15, 0.2) is 4.77 Å². The Bertz CT molecular complexity index is 487. The molecule has 0 amide bonds. The highest BCUT2D eigenvalue weighted by Crippen LogP contribution is 2.07. The van der Waals surface area contributed by atoms with Crippen molar-refractivity contribution in [3.8, 4) is 0 Å². The van der Waals surface area contributed by atoms with Crippen LogP contribution >= 0.6 is 12.2 Å². The van der Waals surface area contributed by atoms with Crippen molar-refractivity contribution >= 4 is 12.2 Å². The van der Waals surface area contributed by atoms with Gasteiger partial charge in [0.25, 0.3) is 0 Å². The van der Waals surface area contributed by atoms with Crippen LogP contribution in [-0.2, 0) is 13.2 Å². The van der Waals surface area contributed by atoms with Gasteiger partial charge in [-0.1, -0.05) is 30.3 Å². The second-order valence-electron chi connectivity index (χ2n) is 3.32. The summed E-state index contributed by atoms with van der Waals surface area (Å²) in [5.74, 6) is 0. The summed E-state index contributed by atoms with van der Waals surface area (Å²) < 4.78 is 2.54. The van der Waals surface area contributed by atoms with Gasteiger partial charge in [0, 0.05) is 6.20 Å². The molecule has 0 aliphatic carbocycles. The number of aliphatic hydroxyl groups is 1. The van der Waals surface area contributed by atoms with Gasteiger partial charge in [0.1, 0.15) is 0 Å². The van der Waals surface area contributed by atoms with Crippen molar-refractivity contribution in [3.05, 3.63) is 52.6 Å². The van der Waals surface area contributed by atoms with Gasteiger partial charge < -0.3 is 14.7 Å². The molecule has 0 radical (unpaired) electrons. The molecule has 0 aliphatic heterocycles. The predicted molar refractivity (Wildman–Crippen MR) is 61.1 cm³/mol. The molecule has 1 aromatic carbocycles. The van der Waals surface area contributed by atoms with E-state index in [1.165, 1.54) is 5.56 Å². The molecule has 15 heavy (non-hydrogen) atoms. The van der Waals surface area contributed by atoms with Crippen LogP contribution in [-0.4, -0.2) is 14.7 Å². The Hall–Kier alpha value is -1.39. The fraction of sp³-hybridized carbons (Fsp3) is 0.182. The summed E-state index contributed by atoms with van der Waals surface area (Å²) in [6.45, 7) is 0.693. The fourth-order valence-corrected chi connectivity index (χ4v) is 1.74. The second kappa shape index (κ2) is 4.42. The second-order valence-corrected chi connectivity index (χ2v) is 3.70. The first-order chi connectivity index (χ1) is 7.31. The molecule has 2 aromatic rings. The first kappa shape index (κ1) is 10.1. The van der Waals surface area contributed by atoms with E-state index in [-0.39, 0.29) is 6.61 Å². The Morgan fingerprint density at radius 2 is 2.07 bits per heavy atom. The minimum atomic E-state index is -0.0000262. The van der Waals surface area contributed by atoms with E-state index in [9.17, 15) is 0 Å². The van der Waals surface area contributed by atoms with Gasteiger partial charge in [-0.15, -0.1) is 0 Å². The van der Waals surface area contributed by atoms with Crippen molar-refractivity contribution in [1.82, 2.24) is 9.55 Å². The normalized spacial score (nSPS) is 10.5. The molecular weight excluding hydrogens is 210 g/mol. The van der Waals surface area contributed by atoms with Gasteiger partial charge >= 0.3 is 0 Å². The zero-order valence-electron chi connectivity index (χ0n) is 8.18. The van der Waals surface area contributed by atoms with Crippen LogP contribution in [0.25, 0.3) is 0 Å².